The zero-order chi connectivity index (χ0) is 16.1. The molecule has 2 aromatic rings. The number of halogens is 1. The summed E-state index contributed by atoms with van der Waals surface area (Å²) in [7, 11) is 0. The number of phenolic OH excluding ortho intramolecular Hbond substituents is 1. The van der Waals surface area contributed by atoms with Crippen LogP contribution in [-0.4, -0.2) is 23.3 Å². The van der Waals surface area contributed by atoms with Crippen LogP contribution in [0.25, 0.3) is 0 Å². The lowest BCUT2D eigenvalue weighted by molar-refractivity contribution is 0.0891. The van der Waals surface area contributed by atoms with Crippen molar-refractivity contribution in [3.8, 4) is 11.5 Å². The van der Waals surface area contributed by atoms with Crippen LogP contribution < -0.4 is 4.74 Å². The van der Waals surface area contributed by atoms with Crippen LogP contribution in [-0.2, 0) is 0 Å². The molecule has 0 saturated carbocycles. The largest absolute Gasteiger partial charge is 0.507 e. The van der Waals surface area contributed by atoms with Gasteiger partial charge in [-0.3, -0.25) is 9.59 Å². The molecular formula is C17H15ClO4. The van der Waals surface area contributed by atoms with E-state index in [0.29, 0.717) is 17.4 Å². The van der Waals surface area contributed by atoms with Crippen LogP contribution >= 0.6 is 11.6 Å². The highest BCUT2D eigenvalue weighted by Crippen LogP contribution is 2.26. The lowest BCUT2D eigenvalue weighted by atomic mass is 10.0. The summed E-state index contributed by atoms with van der Waals surface area (Å²) in [5.74, 6) is -0.608. The van der Waals surface area contributed by atoms with Gasteiger partial charge in [0.25, 0.3) is 0 Å². The van der Waals surface area contributed by atoms with Crippen molar-refractivity contribution in [1.82, 2.24) is 0 Å². The van der Waals surface area contributed by atoms with Crippen LogP contribution in [0.1, 0.15) is 34.1 Å². The van der Waals surface area contributed by atoms with Gasteiger partial charge in [-0.15, -0.1) is 0 Å². The van der Waals surface area contributed by atoms with Gasteiger partial charge in [-0.05, 0) is 37.3 Å². The molecule has 1 N–H and O–H groups in total. The first-order valence-corrected chi connectivity index (χ1v) is 7.17. The molecule has 0 unspecified atom stereocenters. The third-order valence-corrected chi connectivity index (χ3v) is 3.30. The molecule has 0 amide bonds. The first-order chi connectivity index (χ1) is 10.5. The van der Waals surface area contributed by atoms with E-state index < -0.39 is 11.6 Å². The Morgan fingerprint density at radius 2 is 1.77 bits per heavy atom. The lowest BCUT2D eigenvalue weighted by Gasteiger charge is -2.10. The van der Waals surface area contributed by atoms with Crippen LogP contribution in [0.3, 0.4) is 0 Å². The van der Waals surface area contributed by atoms with Crippen LogP contribution in [0.4, 0.5) is 0 Å². The quantitative estimate of drug-likeness (QED) is 0.648. The second kappa shape index (κ2) is 7.09. The SMILES string of the molecule is CCOc1ccc(Cl)cc1C(=O)CC(=O)c1ccccc1O. The van der Waals surface area contributed by atoms with Gasteiger partial charge >= 0.3 is 0 Å². The Morgan fingerprint density at radius 3 is 2.45 bits per heavy atom. The van der Waals surface area contributed by atoms with E-state index in [0.717, 1.165) is 0 Å². The molecule has 2 rings (SSSR count). The maximum absolute atomic E-state index is 12.3. The topological polar surface area (TPSA) is 63.6 Å². The number of benzene rings is 2. The number of Topliss-reactive ketones (excluding diaryl/α,β-unsaturated/α-hetero) is 2. The Kier molecular flexibility index (Phi) is 5.17. The van der Waals surface area contributed by atoms with Crippen molar-refractivity contribution in [2.75, 3.05) is 6.61 Å². The molecule has 5 heteroatoms. The van der Waals surface area contributed by atoms with E-state index in [1.807, 2.05) is 0 Å². The van der Waals surface area contributed by atoms with E-state index >= 15 is 0 Å². The average molecular weight is 319 g/mol. The van der Waals surface area contributed by atoms with E-state index in [1.165, 1.54) is 18.2 Å². The smallest absolute Gasteiger partial charge is 0.174 e. The van der Waals surface area contributed by atoms with E-state index in [2.05, 4.69) is 0 Å². The predicted molar refractivity (Wildman–Crippen MR) is 84.0 cm³/mol. The van der Waals surface area contributed by atoms with Gasteiger partial charge < -0.3 is 9.84 Å². The molecule has 0 aliphatic rings. The second-order valence-electron chi connectivity index (χ2n) is 4.61. The zero-order valence-corrected chi connectivity index (χ0v) is 12.8. The standard InChI is InChI=1S/C17H15ClO4/c1-2-22-17-8-7-11(18)9-13(17)16(21)10-15(20)12-5-3-4-6-14(12)19/h3-9,19H,2,10H2,1H3. The molecule has 0 saturated heterocycles. The Hall–Kier alpha value is -2.33. The number of ether oxygens (including phenoxy) is 1. The van der Waals surface area contributed by atoms with Crippen LogP contribution in [0, 0.1) is 0 Å². The van der Waals surface area contributed by atoms with Crippen LogP contribution in [0.2, 0.25) is 5.02 Å². The number of hydrogen-bond acceptors (Lipinski definition) is 4. The number of hydrogen-bond donors (Lipinski definition) is 1. The number of aromatic hydroxyl groups is 1. The maximum atomic E-state index is 12.3. The van der Waals surface area contributed by atoms with Crippen molar-refractivity contribution in [1.29, 1.82) is 0 Å². The van der Waals surface area contributed by atoms with E-state index in [9.17, 15) is 14.7 Å². The van der Waals surface area contributed by atoms with Gasteiger partial charge in [0.05, 0.1) is 24.2 Å². The minimum Gasteiger partial charge on any atom is -0.507 e. The molecule has 0 aliphatic heterocycles. The minimum atomic E-state index is -0.453. The van der Waals surface area contributed by atoms with Crippen LogP contribution in [0.15, 0.2) is 42.5 Å². The van der Waals surface area contributed by atoms with Gasteiger partial charge in [0, 0.05) is 5.02 Å². The van der Waals surface area contributed by atoms with Gasteiger partial charge in [-0.1, -0.05) is 23.7 Å². The third kappa shape index (κ3) is 3.65. The minimum absolute atomic E-state index is 0.121. The van der Waals surface area contributed by atoms with Gasteiger partial charge in [0.2, 0.25) is 0 Å². The summed E-state index contributed by atoms with van der Waals surface area (Å²) in [5, 5.41) is 10.1. The van der Waals surface area contributed by atoms with Crippen molar-refractivity contribution in [2.24, 2.45) is 0 Å². The first-order valence-electron chi connectivity index (χ1n) is 6.79. The molecule has 4 nitrogen and oxygen atoms in total. The van der Waals surface area contributed by atoms with Crippen molar-refractivity contribution in [3.05, 3.63) is 58.6 Å². The lowest BCUT2D eigenvalue weighted by Crippen LogP contribution is -2.10. The number of carbonyl (C=O) groups excluding carboxylic acids is 2. The van der Waals surface area contributed by atoms with Crippen LogP contribution in [0.5, 0.6) is 11.5 Å². The molecule has 0 aromatic heterocycles. The zero-order valence-electron chi connectivity index (χ0n) is 12.0. The molecule has 114 valence electrons. The predicted octanol–water partition coefficient (Wildman–Crippen LogP) is 3.90. The normalized spacial score (nSPS) is 10.3. The van der Waals surface area contributed by atoms with Gasteiger partial charge in [0.15, 0.2) is 11.6 Å². The summed E-state index contributed by atoms with van der Waals surface area (Å²) in [4.78, 5) is 24.5. The Balaban J connectivity index is 2.24. The number of phenols is 1. The summed E-state index contributed by atoms with van der Waals surface area (Å²) in [6.07, 6.45) is -0.363. The van der Waals surface area contributed by atoms with Crippen molar-refractivity contribution < 1.29 is 19.4 Å². The molecule has 2 aromatic carbocycles. The van der Waals surface area contributed by atoms with Gasteiger partial charge in [-0.25, -0.2) is 0 Å². The summed E-state index contributed by atoms with van der Waals surface area (Å²) in [6.45, 7) is 2.20. The van der Waals surface area contributed by atoms with E-state index in [1.54, 1.807) is 31.2 Å². The molecule has 0 atom stereocenters. The van der Waals surface area contributed by atoms with E-state index in [-0.39, 0.29) is 23.3 Å². The first kappa shape index (κ1) is 16.0. The van der Waals surface area contributed by atoms with Crippen molar-refractivity contribution >= 4 is 23.2 Å². The number of para-hydroxylation sites is 1. The van der Waals surface area contributed by atoms with Gasteiger partial charge in [-0.2, -0.15) is 0 Å². The molecule has 0 spiro atoms. The Bertz CT molecular complexity index is 710. The van der Waals surface area contributed by atoms with Crippen molar-refractivity contribution in [2.45, 2.75) is 13.3 Å². The summed E-state index contributed by atoms with van der Waals surface area (Å²) < 4.78 is 5.38. The van der Waals surface area contributed by atoms with Crippen molar-refractivity contribution in [3.63, 3.8) is 0 Å². The maximum Gasteiger partial charge on any atom is 0.174 e. The summed E-state index contributed by atoms with van der Waals surface area (Å²) in [5.41, 5.74) is 0.383. The molecule has 0 fully saturated rings. The highest BCUT2D eigenvalue weighted by atomic mass is 35.5. The molecule has 0 heterocycles. The Labute approximate surface area is 133 Å². The second-order valence-corrected chi connectivity index (χ2v) is 5.05. The fourth-order valence-corrected chi connectivity index (χ4v) is 2.22. The Morgan fingerprint density at radius 1 is 1.09 bits per heavy atom. The number of ketones is 2. The molecule has 0 aliphatic carbocycles. The highest BCUT2D eigenvalue weighted by molar-refractivity contribution is 6.31. The monoisotopic (exact) mass is 318 g/mol. The number of carbonyl (C=O) groups is 2. The van der Waals surface area contributed by atoms with E-state index in [4.69, 9.17) is 16.3 Å². The molecule has 0 radical (unpaired) electrons. The fourth-order valence-electron chi connectivity index (χ4n) is 2.05. The third-order valence-electron chi connectivity index (χ3n) is 3.07. The average Bonchev–Trinajstić information content (AvgIpc) is 2.49. The van der Waals surface area contributed by atoms with Gasteiger partial charge in [0.1, 0.15) is 11.5 Å². The highest BCUT2D eigenvalue weighted by Gasteiger charge is 2.19. The molecular weight excluding hydrogens is 304 g/mol. The molecule has 22 heavy (non-hydrogen) atoms. The fraction of sp³-hybridized carbons (Fsp3) is 0.176. The summed E-state index contributed by atoms with van der Waals surface area (Å²) in [6, 6.07) is 10.8. The molecule has 0 bridgehead atoms. The summed E-state index contributed by atoms with van der Waals surface area (Å²) >= 11 is 5.91. The number of rotatable bonds is 6.